The van der Waals surface area contributed by atoms with E-state index in [4.69, 9.17) is 5.73 Å². The summed E-state index contributed by atoms with van der Waals surface area (Å²) in [4.78, 5) is 14.1. The number of benzene rings is 1. The molecule has 1 aliphatic heterocycles. The quantitative estimate of drug-likeness (QED) is 0.532. The molecule has 132 valence electrons. The summed E-state index contributed by atoms with van der Waals surface area (Å²) < 4.78 is 25.4. The van der Waals surface area contributed by atoms with Gasteiger partial charge in [-0.25, -0.2) is 8.42 Å². The number of rotatable bonds is 5. The molecule has 1 heterocycles. The van der Waals surface area contributed by atoms with Crippen LogP contribution in [0.3, 0.4) is 0 Å². The zero-order valence-electron chi connectivity index (χ0n) is 13.8. The van der Waals surface area contributed by atoms with Gasteiger partial charge in [-0.3, -0.25) is 4.79 Å². The molecule has 4 N–H and O–H groups in total. The molecule has 0 saturated carbocycles. The highest BCUT2D eigenvalue weighted by molar-refractivity contribution is 7.89. The molecule has 24 heavy (non-hydrogen) atoms. The summed E-state index contributed by atoms with van der Waals surface area (Å²) in [7, 11) is -3.54. The predicted molar refractivity (Wildman–Crippen MR) is 95.4 cm³/mol. The second kappa shape index (κ2) is 7.52. The predicted octanol–water partition coefficient (Wildman–Crippen LogP) is 0.796. The van der Waals surface area contributed by atoms with Crippen molar-refractivity contribution >= 4 is 33.3 Å². The number of anilines is 2. The fraction of sp³-hybridized carbons (Fsp3) is 0.467. The van der Waals surface area contributed by atoms with Crippen LogP contribution in [0.25, 0.3) is 0 Å². The maximum Gasteiger partial charge on any atom is 0.253 e. The normalized spacial score (nSPS) is 16.8. The SMILES string of the molecule is C[C@H](Nc1ccc(NC(N)=NS(C)(=O)=O)cc1)C(=O)N1CCCC1. The highest BCUT2D eigenvalue weighted by Crippen LogP contribution is 2.16. The Bertz CT molecular complexity index is 709. The van der Waals surface area contributed by atoms with Gasteiger partial charge in [0, 0.05) is 24.5 Å². The summed E-state index contributed by atoms with van der Waals surface area (Å²) in [6.07, 6.45) is 3.10. The van der Waals surface area contributed by atoms with Gasteiger partial charge >= 0.3 is 0 Å². The number of carbonyl (C=O) groups is 1. The molecule has 1 atom stereocenters. The summed E-state index contributed by atoms with van der Waals surface area (Å²) in [6, 6.07) is 6.70. The first-order valence-corrected chi connectivity index (χ1v) is 9.57. The van der Waals surface area contributed by atoms with E-state index in [1.54, 1.807) is 24.3 Å². The van der Waals surface area contributed by atoms with Gasteiger partial charge in [0.1, 0.15) is 6.04 Å². The molecule has 1 aromatic carbocycles. The lowest BCUT2D eigenvalue weighted by atomic mass is 10.2. The highest BCUT2D eigenvalue weighted by atomic mass is 32.2. The van der Waals surface area contributed by atoms with Gasteiger partial charge in [-0.1, -0.05) is 0 Å². The summed E-state index contributed by atoms with van der Waals surface area (Å²) in [6.45, 7) is 3.49. The van der Waals surface area contributed by atoms with Crippen LogP contribution in [0.1, 0.15) is 19.8 Å². The molecule has 0 radical (unpaired) electrons. The molecule has 1 fully saturated rings. The minimum absolute atomic E-state index is 0.0965. The lowest BCUT2D eigenvalue weighted by Crippen LogP contribution is -2.39. The van der Waals surface area contributed by atoms with E-state index in [2.05, 4.69) is 15.0 Å². The topological polar surface area (TPSA) is 117 Å². The number of nitrogens with one attached hydrogen (secondary N) is 2. The number of carbonyl (C=O) groups excluding carboxylic acids is 1. The molecule has 0 bridgehead atoms. The second-order valence-electron chi connectivity index (χ2n) is 5.81. The molecule has 0 aromatic heterocycles. The van der Waals surface area contributed by atoms with Crippen molar-refractivity contribution in [3.63, 3.8) is 0 Å². The van der Waals surface area contributed by atoms with Crippen LogP contribution in [-0.4, -0.2) is 50.6 Å². The van der Waals surface area contributed by atoms with Crippen LogP contribution in [0.4, 0.5) is 11.4 Å². The van der Waals surface area contributed by atoms with Crippen molar-refractivity contribution in [3.8, 4) is 0 Å². The van der Waals surface area contributed by atoms with Gasteiger partial charge in [0.2, 0.25) is 11.9 Å². The number of sulfonamides is 1. The third-order valence-corrected chi connectivity index (χ3v) is 4.12. The Morgan fingerprint density at radius 1 is 1.21 bits per heavy atom. The number of hydrogen-bond donors (Lipinski definition) is 3. The zero-order valence-corrected chi connectivity index (χ0v) is 14.6. The molecule has 9 heteroatoms. The van der Waals surface area contributed by atoms with Crippen LogP contribution in [-0.2, 0) is 14.8 Å². The van der Waals surface area contributed by atoms with E-state index in [0.717, 1.165) is 37.9 Å². The van der Waals surface area contributed by atoms with Gasteiger partial charge < -0.3 is 21.3 Å². The second-order valence-corrected chi connectivity index (χ2v) is 7.46. The number of guanidine groups is 1. The Morgan fingerprint density at radius 2 is 1.75 bits per heavy atom. The van der Waals surface area contributed by atoms with Gasteiger partial charge in [-0.15, -0.1) is 4.40 Å². The fourth-order valence-electron chi connectivity index (χ4n) is 2.52. The molecule has 1 amide bonds. The maximum atomic E-state index is 12.3. The largest absolute Gasteiger partial charge is 0.374 e. The molecule has 0 aliphatic carbocycles. The minimum atomic E-state index is -3.54. The summed E-state index contributed by atoms with van der Waals surface area (Å²) >= 11 is 0. The van der Waals surface area contributed by atoms with E-state index >= 15 is 0 Å². The van der Waals surface area contributed by atoms with E-state index in [0.29, 0.717) is 5.69 Å². The summed E-state index contributed by atoms with van der Waals surface area (Å²) in [5.74, 6) is -0.102. The van der Waals surface area contributed by atoms with Crippen LogP contribution < -0.4 is 16.4 Å². The monoisotopic (exact) mass is 353 g/mol. The van der Waals surface area contributed by atoms with Crippen LogP contribution in [0, 0.1) is 0 Å². The first kappa shape index (κ1) is 18.1. The fourth-order valence-corrected chi connectivity index (χ4v) is 2.93. The van der Waals surface area contributed by atoms with Crippen molar-refractivity contribution in [2.75, 3.05) is 30.0 Å². The minimum Gasteiger partial charge on any atom is -0.374 e. The molecule has 1 saturated heterocycles. The summed E-state index contributed by atoms with van der Waals surface area (Å²) in [5, 5.41) is 5.85. The third-order valence-electron chi connectivity index (χ3n) is 3.59. The smallest absolute Gasteiger partial charge is 0.253 e. The molecular weight excluding hydrogens is 330 g/mol. The molecule has 0 unspecified atom stereocenters. The van der Waals surface area contributed by atoms with E-state index in [1.165, 1.54) is 0 Å². The molecule has 1 aromatic rings. The van der Waals surface area contributed by atoms with E-state index in [1.807, 2.05) is 11.8 Å². The Labute approximate surface area is 142 Å². The average molecular weight is 353 g/mol. The summed E-state index contributed by atoms with van der Waals surface area (Å²) in [5.41, 5.74) is 6.91. The standard InChI is InChI=1S/C15H23N5O3S/c1-11(14(21)20-9-3-4-10-20)17-12-5-7-13(8-6-12)18-15(16)19-24(2,22)23/h5-8,11,17H,3-4,9-10H2,1-2H3,(H3,16,18,19)/t11-/m0/s1. The first-order chi connectivity index (χ1) is 11.2. The van der Waals surface area contributed by atoms with Crippen molar-refractivity contribution in [2.24, 2.45) is 10.1 Å². The number of nitrogens with two attached hydrogens (primary N) is 1. The number of hydrogen-bond acceptors (Lipinski definition) is 4. The lowest BCUT2D eigenvalue weighted by molar-refractivity contribution is -0.130. The lowest BCUT2D eigenvalue weighted by Gasteiger charge is -2.22. The Kier molecular flexibility index (Phi) is 5.66. The van der Waals surface area contributed by atoms with E-state index in [-0.39, 0.29) is 17.9 Å². The number of nitrogens with zero attached hydrogens (tertiary/aromatic N) is 2. The highest BCUT2D eigenvalue weighted by Gasteiger charge is 2.22. The van der Waals surface area contributed by atoms with Crippen molar-refractivity contribution in [1.82, 2.24) is 4.90 Å². The Hall–Kier alpha value is -2.29. The zero-order chi connectivity index (χ0) is 17.7. The van der Waals surface area contributed by atoms with Gasteiger partial charge in [0.05, 0.1) is 6.26 Å². The van der Waals surface area contributed by atoms with Crippen LogP contribution >= 0.6 is 0 Å². The first-order valence-electron chi connectivity index (χ1n) is 7.72. The van der Waals surface area contributed by atoms with Crippen LogP contribution in [0.2, 0.25) is 0 Å². The van der Waals surface area contributed by atoms with Crippen molar-refractivity contribution in [3.05, 3.63) is 24.3 Å². The van der Waals surface area contributed by atoms with Gasteiger partial charge in [-0.2, -0.15) is 0 Å². The van der Waals surface area contributed by atoms with Crippen LogP contribution in [0.5, 0.6) is 0 Å². The number of amides is 1. The average Bonchev–Trinajstić information content (AvgIpc) is 3.00. The molecule has 0 spiro atoms. The van der Waals surface area contributed by atoms with Crippen molar-refractivity contribution in [1.29, 1.82) is 0 Å². The van der Waals surface area contributed by atoms with Gasteiger partial charge in [0.25, 0.3) is 10.0 Å². The van der Waals surface area contributed by atoms with Gasteiger partial charge in [-0.05, 0) is 44.0 Å². The molecule has 8 nitrogen and oxygen atoms in total. The maximum absolute atomic E-state index is 12.3. The van der Waals surface area contributed by atoms with Crippen molar-refractivity contribution < 1.29 is 13.2 Å². The Morgan fingerprint density at radius 3 is 2.29 bits per heavy atom. The Balaban J connectivity index is 1.94. The van der Waals surface area contributed by atoms with Gasteiger partial charge in [0.15, 0.2) is 0 Å². The third kappa shape index (κ3) is 5.41. The van der Waals surface area contributed by atoms with Crippen molar-refractivity contribution in [2.45, 2.75) is 25.8 Å². The molecule has 2 rings (SSSR count). The van der Waals surface area contributed by atoms with E-state index < -0.39 is 10.0 Å². The molecular formula is C15H23N5O3S. The van der Waals surface area contributed by atoms with Crippen LogP contribution in [0.15, 0.2) is 28.7 Å². The molecule has 1 aliphatic rings. The van der Waals surface area contributed by atoms with E-state index in [9.17, 15) is 13.2 Å². The number of likely N-dealkylation sites (tertiary alicyclic amines) is 1.